The number of nitrogens with two attached hydrogens (primary N) is 3. The third kappa shape index (κ3) is 20.4. The molecule has 13 N–H and O–H groups in total. The maximum absolute atomic E-state index is 14.4. The third-order valence-corrected chi connectivity index (χ3v) is 20.6. The van der Waals surface area contributed by atoms with Crippen molar-refractivity contribution in [3.63, 3.8) is 0 Å². The Labute approximate surface area is 718 Å². The smallest absolute Gasteiger partial charge is 0.423 e. The van der Waals surface area contributed by atoms with E-state index in [2.05, 4.69) is 92.8 Å². The standard InChI is InChI=1S/C32H27N7O.C26H21ClN6O.C21H17BrClN5O.C6H8BNO2.C5H6BNO2/c1-20-17-23(13-16-35-20)26-10-6-7-24-18-28(39(31(40)29(24)26)25-8-4-3-5-9-25)21(2)37-30-27(19-36-32(33)38-30)22-11-14-34-15-12-22;1-16(31-24-20(15-30-26(28)32-24)17-10-12-29-13-11-17)22-14-18-6-5-9-21(27)23(18)25(34)33(22)19-7-3-2-4-8-19;1-12(26-19-15(22)11-25-21(24)27-19)17-10-13-6-5-9-16(23)18(13)20(29)28(17)14-7-3-2-4-8-14;1-5-4-6(7(9)10)2-3-8-5;8-6(9)5-1-3-7-4-2-5/h3-19,21H,1-2H3,(H3,33,36,37,38);2-16H,1H3,(H3,28,30,31,32);2-12H,1H3,(H3,24,25,26,27);2-4,9-10H,1H3;1-4,8-9H/t21-;16-;12-;;/m000../s1. The second kappa shape index (κ2) is 39.6. The predicted molar refractivity (Wildman–Crippen MR) is 489 cm³/mol. The van der Waals surface area contributed by atoms with Crippen LogP contribution < -0.4 is 60.8 Å². The van der Waals surface area contributed by atoms with Crippen molar-refractivity contribution in [2.24, 2.45) is 0 Å². The largest absolute Gasteiger partial charge is 0.488 e. The van der Waals surface area contributed by atoms with E-state index in [0.29, 0.717) is 59.1 Å². The number of aromatic nitrogens is 14. The third-order valence-electron chi connectivity index (χ3n) is 19.3. The van der Waals surface area contributed by atoms with Crippen molar-refractivity contribution in [3.05, 3.63) is 367 Å². The summed E-state index contributed by atoms with van der Waals surface area (Å²) in [6.45, 7) is 9.67. The Bertz CT molecular complexity index is 6730. The number of nitrogens with zero attached hydrogens (tertiary/aromatic N) is 14. The molecular weight excluding hydrogens is 1650 g/mol. The minimum atomic E-state index is -1.39. The summed E-state index contributed by atoms with van der Waals surface area (Å²) in [6, 6.07) is 68.3. The molecule has 0 spiro atoms. The fourth-order valence-electron chi connectivity index (χ4n) is 13.6. The fraction of sp³-hybridized carbons (Fsp3) is 0.0889. The average Bonchev–Trinajstić information content (AvgIpc) is 0.757. The minimum absolute atomic E-state index is 0.103. The van der Waals surface area contributed by atoms with Crippen molar-refractivity contribution in [3.8, 4) is 50.4 Å². The number of fused-ring (bicyclic) bond motifs is 3. The summed E-state index contributed by atoms with van der Waals surface area (Å²) in [7, 11) is -2.77. The monoisotopic (exact) mass is 1720 g/mol. The summed E-state index contributed by atoms with van der Waals surface area (Å²) >= 11 is 16.2. The van der Waals surface area contributed by atoms with Gasteiger partial charge in [-0.25, -0.2) is 15.0 Å². The van der Waals surface area contributed by atoms with Gasteiger partial charge in [0, 0.05) is 125 Å². The van der Waals surface area contributed by atoms with Gasteiger partial charge in [0.05, 0.1) is 48.8 Å². The summed E-state index contributed by atoms with van der Waals surface area (Å²) in [5.41, 5.74) is 29.5. The van der Waals surface area contributed by atoms with Crippen LogP contribution in [0.1, 0.15) is 67.4 Å². The second-order valence-electron chi connectivity index (χ2n) is 27.7. The molecule has 0 radical (unpaired) electrons. The fourth-order valence-corrected chi connectivity index (χ4v) is 14.4. The maximum atomic E-state index is 14.4. The van der Waals surface area contributed by atoms with E-state index in [0.717, 1.165) is 95.1 Å². The number of aryl methyl sites for hydroxylation is 2. The van der Waals surface area contributed by atoms with Crippen molar-refractivity contribution >= 4 is 132 Å². The molecule has 0 fully saturated rings. The normalized spacial score (nSPS) is 11.5. The number of nitrogen functional groups attached to an aromatic ring is 3. The Hall–Kier alpha value is -14.2. The highest BCUT2D eigenvalue weighted by atomic mass is 79.9. The Morgan fingerprint density at radius 3 is 1.11 bits per heavy atom. The molecule has 0 amide bonds. The predicted octanol–water partition coefficient (Wildman–Crippen LogP) is 14.0. The van der Waals surface area contributed by atoms with Crippen LogP contribution in [0.2, 0.25) is 10.0 Å². The molecule has 0 aliphatic carbocycles. The van der Waals surface area contributed by atoms with Gasteiger partial charge < -0.3 is 53.2 Å². The first kappa shape index (κ1) is 85.6. The molecule has 17 rings (SSSR count). The molecule has 17 aromatic rings. The van der Waals surface area contributed by atoms with Gasteiger partial charge in [0.15, 0.2) is 0 Å². The molecule has 11 heterocycles. The van der Waals surface area contributed by atoms with Crippen molar-refractivity contribution in [2.45, 2.75) is 52.7 Å². The zero-order chi connectivity index (χ0) is 86.1. The Morgan fingerprint density at radius 1 is 0.369 bits per heavy atom. The Morgan fingerprint density at radius 2 is 0.713 bits per heavy atom. The highest BCUT2D eigenvalue weighted by Crippen LogP contribution is 2.36. The van der Waals surface area contributed by atoms with E-state index >= 15 is 0 Å². The summed E-state index contributed by atoms with van der Waals surface area (Å²) < 4.78 is 5.80. The van der Waals surface area contributed by atoms with Crippen LogP contribution >= 0.6 is 39.1 Å². The number of nitrogens with one attached hydrogen (secondary N) is 3. The molecule has 608 valence electrons. The molecule has 6 aromatic carbocycles. The lowest BCUT2D eigenvalue weighted by Gasteiger charge is -2.23. The molecule has 0 bridgehead atoms. The molecule has 27 nitrogen and oxygen atoms in total. The van der Waals surface area contributed by atoms with Crippen LogP contribution in [-0.4, -0.2) is 103 Å². The topological polar surface area (TPSA) is 403 Å². The van der Waals surface area contributed by atoms with Crippen molar-refractivity contribution < 1.29 is 20.1 Å². The van der Waals surface area contributed by atoms with Gasteiger partial charge in [0.25, 0.3) is 16.7 Å². The summed E-state index contributed by atoms with van der Waals surface area (Å²) in [4.78, 5) is 87.2. The van der Waals surface area contributed by atoms with E-state index in [4.69, 9.17) is 60.5 Å². The lowest BCUT2D eigenvalue weighted by atomic mass is 9.81. The van der Waals surface area contributed by atoms with Crippen LogP contribution in [0.4, 0.5) is 35.3 Å². The lowest BCUT2D eigenvalue weighted by Crippen LogP contribution is -2.29. The number of rotatable bonds is 17. The average molecular weight is 1730 g/mol. The maximum Gasteiger partial charge on any atom is 0.488 e. The van der Waals surface area contributed by atoms with Crippen LogP contribution in [0.15, 0.2) is 311 Å². The van der Waals surface area contributed by atoms with Gasteiger partial charge in [-0.15, -0.1) is 0 Å². The molecule has 0 aliphatic rings. The SMILES string of the molecule is C[C@H](Nc1nc(N)ncc1-c1ccncc1)c1cc2cccc(Cl)c2c(=O)n1-c1ccccc1.C[C@H](Nc1nc(N)ncc1Br)c1cc2cccc(Cl)c2c(=O)n1-c1ccccc1.Cc1cc(-c2cccc3cc([C@H](C)Nc4nc(N)ncc4-c4ccncc4)n(-c4ccccc4)c(=O)c23)ccn1.Cc1cc(B(O)O)ccn1.OB(O)c1ccncc1. The molecule has 3 atom stereocenters. The molecule has 122 heavy (non-hydrogen) atoms. The van der Waals surface area contributed by atoms with Gasteiger partial charge in [0.2, 0.25) is 17.8 Å². The van der Waals surface area contributed by atoms with Crippen LogP contribution in [0.3, 0.4) is 0 Å². The summed E-state index contributed by atoms with van der Waals surface area (Å²) in [5.74, 6) is 2.14. The number of benzene rings is 6. The van der Waals surface area contributed by atoms with Crippen molar-refractivity contribution in [1.82, 2.24) is 68.5 Å². The lowest BCUT2D eigenvalue weighted by molar-refractivity contribution is 0.424. The van der Waals surface area contributed by atoms with E-state index in [1.54, 1.807) is 113 Å². The van der Waals surface area contributed by atoms with E-state index < -0.39 is 14.2 Å². The molecule has 0 unspecified atom stereocenters. The molecular formula is C90H79B2BrCl2N20O7. The van der Waals surface area contributed by atoms with Crippen LogP contribution in [0, 0.1) is 13.8 Å². The van der Waals surface area contributed by atoms with E-state index in [1.807, 2.05) is 210 Å². The highest BCUT2D eigenvalue weighted by molar-refractivity contribution is 9.10. The Kier molecular flexibility index (Phi) is 27.8. The molecule has 11 aromatic heterocycles. The summed E-state index contributed by atoms with van der Waals surface area (Å²) in [6.07, 6.45) is 18.1. The first-order valence-electron chi connectivity index (χ1n) is 38.1. The highest BCUT2D eigenvalue weighted by Gasteiger charge is 2.25. The van der Waals surface area contributed by atoms with Gasteiger partial charge >= 0.3 is 14.2 Å². The van der Waals surface area contributed by atoms with Crippen molar-refractivity contribution in [1.29, 1.82) is 0 Å². The van der Waals surface area contributed by atoms with Crippen LogP contribution in [0.25, 0.3) is 82.8 Å². The zero-order valence-electron chi connectivity index (χ0n) is 66.2. The van der Waals surface area contributed by atoms with Gasteiger partial charge in [-0.3, -0.25) is 53.0 Å². The van der Waals surface area contributed by atoms with Crippen LogP contribution in [-0.2, 0) is 0 Å². The van der Waals surface area contributed by atoms with E-state index in [1.165, 1.54) is 12.4 Å². The molecule has 0 saturated heterocycles. The zero-order valence-corrected chi connectivity index (χ0v) is 69.3. The Balaban J connectivity index is 0.000000143. The first-order chi connectivity index (χ1) is 59.0. The van der Waals surface area contributed by atoms with E-state index in [9.17, 15) is 14.4 Å². The number of halogens is 3. The second-order valence-corrected chi connectivity index (χ2v) is 29.4. The number of hydrogen-bond acceptors (Lipinski definition) is 24. The van der Waals surface area contributed by atoms with E-state index in [-0.39, 0.29) is 52.6 Å². The minimum Gasteiger partial charge on any atom is -0.423 e. The van der Waals surface area contributed by atoms with Gasteiger partial charge in [-0.1, -0.05) is 120 Å². The number of pyridine rings is 8. The summed E-state index contributed by atoms with van der Waals surface area (Å²) in [5, 5.41) is 49.6. The van der Waals surface area contributed by atoms with Crippen molar-refractivity contribution in [2.75, 3.05) is 33.2 Å². The van der Waals surface area contributed by atoms with Crippen LogP contribution in [0.5, 0.6) is 0 Å². The molecule has 0 aliphatic heterocycles. The first-order valence-corrected chi connectivity index (χ1v) is 39.7. The number of anilines is 6. The van der Waals surface area contributed by atoms with Gasteiger partial charge in [-0.05, 0) is 227 Å². The molecule has 32 heteroatoms. The number of hydrogen-bond donors (Lipinski definition) is 10. The molecule has 0 saturated carbocycles. The quantitative estimate of drug-likeness (QED) is 0.0379. The van der Waals surface area contributed by atoms with Gasteiger partial charge in [-0.2, -0.15) is 15.0 Å². The number of para-hydroxylation sites is 3. The van der Waals surface area contributed by atoms with Gasteiger partial charge in [0.1, 0.15) is 17.5 Å².